The minimum absolute atomic E-state index is 0.0690. The summed E-state index contributed by atoms with van der Waals surface area (Å²) < 4.78 is 5.52. The van der Waals surface area contributed by atoms with Crippen LogP contribution < -0.4 is 10.1 Å². The lowest BCUT2D eigenvalue weighted by Crippen LogP contribution is -2.53. The van der Waals surface area contributed by atoms with Crippen molar-refractivity contribution >= 4 is 23.7 Å². The molecule has 0 saturated carbocycles. The molecule has 0 radical (unpaired) electrons. The second-order valence-corrected chi connectivity index (χ2v) is 10.8. The van der Waals surface area contributed by atoms with Gasteiger partial charge >= 0.3 is 6.09 Å². The highest BCUT2D eigenvalue weighted by molar-refractivity contribution is 6.02. The third kappa shape index (κ3) is 6.00. The molecule has 2 aliphatic rings. The quantitative estimate of drug-likeness (QED) is 0.335. The first-order chi connectivity index (χ1) is 21.4. The monoisotopic (exact) mass is 590 g/mol. The normalized spacial score (nSPS) is 18.0. The summed E-state index contributed by atoms with van der Waals surface area (Å²) in [6.07, 6.45) is 1.21. The smallest absolute Gasteiger partial charge is 0.413 e. The highest BCUT2D eigenvalue weighted by Crippen LogP contribution is 2.31. The summed E-state index contributed by atoms with van der Waals surface area (Å²) in [6, 6.07) is 25.7. The molecule has 3 heterocycles. The molecule has 2 fully saturated rings. The summed E-state index contributed by atoms with van der Waals surface area (Å²) in [6.45, 7) is 0.126. The number of aromatic hydroxyl groups is 1. The molecule has 2 saturated heterocycles. The number of benzene rings is 3. The molecule has 3 unspecified atom stereocenters. The highest BCUT2D eigenvalue weighted by Gasteiger charge is 2.52. The van der Waals surface area contributed by atoms with Crippen LogP contribution in [0.4, 0.5) is 4.79 Å². The van der Waals surface area contributed by atoms with E-state index in [1.54, 1.807) is 42.5 Å². The molecule has 6 rings (SSSR count). The molecule has 0 bridgehead atoms. The van der Waals surface area contributed by atoms with E-state index in [1.165, 1.54) is 28.1 Å². The number of aromatic nitrogens is 1. The summed E-state index contributed by atoms with van der Waals surface area (Å²) in [5, 5.41) is 12.4. The van der Waals surface area contributed by atoms with Gasteiger partial charge in [0.2, 0.25) is 5.91 Å². The zero-order valence-electron chi connectivity index (χ0n) is 23.7. The van der Waals surface area contributed by atoms with Gasteiger partial charge in [-0.05, 0) is 59.5 Å². The van der Waals surface area contributed by atoms with E-state index in [2.05, 4.69) is 10.3 Å². The number of nitrogens with one attached hydrogen (secondary N) is 1. The van der Waals surface area contributed by atoms with E-state index < -0.39 is 30.1 Å². The molecule has 4 aromatic rings. The summed E-state index contributed by atoms with van der Waals surface area (Å²) in [7, 11) is 0. The van der Waals surface area contributed by atoms with Gasteiger partial charge in [0.05, 0.1) is 12.6 Å². The van der Waals surface area contributed by atoms with Crippen LogP contribution in [0.1, 0.15) is 22.5 Å². The Bertz CT molecular complexity index is 1660. The zero-order valence-corrected chi connectivity index (χ0v) is 23.7. The topological polar surface area (TPSA) is 129 Å². The number of phenols is 1. The largest absolute Gasteiger partial charge is 0.508 e. The predicted octanol–water partition coefficient (Wildman–Crippen LogP) is 3.85. The fourth-order valence-corrected chi connectivity index (χ4v) is 5.87. The number of fused-ring (bicyclic) bond motifs is 1. The number of hydrogen-bond donors (Lipinski definition) is 2. The van der Waals surface area contributed by atoms with Crippen molar-refractivity contribution in [2.75, 3.05) is 13.1 Å². The van der Waals surface area contributed by atoms with Crippen LogP contribution in [0, 0.1) is 0 Å². The molecule has 3 amide bonds. The number of amides is 3. The Hall–Kier alpha value is -5.51. The lowest BCUT2D eigenvalue weighted by Gasteiger charge is -2.28. The van der Waals surface area contributed by atoms with Gasteiger partial charge in [-0.2, -0.15) is 0 Å². The molecule has 3 aromatic carbocycles. The van der Waals surface area contributed by atoms with Gasteiger partial charge in [-0.15, -0.1) is 0 Å². The van der Waals surface area contributed by atoms with Crippen LogP contribution in [-0.4, -0.2) is 74.8 Å². The number of ketones is 1. The Kier molecular flexibility index (Phi) is 8.05. The summed E-state index contributed by atoms with van der Waals surface area (Å²) >= 11 is 0. The van der Waals surface area contributed by atoms with Gasteiger partial charge in [0.1, 0.15) is 29.3 Å². The Morgan fingerprint density at radius 1 is 0.886 bits per heavy atom. The Morgan fingerprint density at radius 2 is 1.59 bits per heavy atom. The van der Waals surface area contributed by atoms with Gasteiger partial charge in [-0.25, -0.2) is 4.79 Å². The predicted molar refractivity (Wildman–Crippen MR) is 161 cm³/mol. The Morgan fingerprint density at radius 3 is 2.30 bits per heavy atom. The molecule has 10 heteroatoms. The fraction of sp³-hybridized carbons (Fsp3) is 0.206. The first-order valence-corrected chi connectivity index (χ1v) is 14.3. The van der Waals surface area contributed by atoms with Crippen molar-refractivity contribution in [1.29, 1.82) is 0 Å². The number of carbonyl (C=O) groups excluding carboxylic acids is 4. The van der Waals surface area contributed by atoms with E-state index in [0.717, 1.165) is 11.1 Å². The molecule has 0 aliphatic carbocycles. The molecule has 2 aliphatic heterocycles. The van der Waals surface area contributed by atoms with Crippen molar-refractivity contribution in [2.24, 2.45) is 0 Å². The summed E-state index contributed by atoms with van der Waals surface area (Å²) in [5.74, 6) is -0.688. The van der Waals surface area contributed by atoms with Crippen LogP contribution in [-0.2, 0) is 16.0 Å². The second kappa shape index (κ2) is 12.4. The van der Waals surface area contributed by atoms with Crippen LogP contribution in [0.5, 0.6) is 11.5 Å². The van der Waals surface area contributed by atoms with Crippen LogP contribution in [0.3, 0.4) is 0 Å². The summed E-state index contributed by atoms with van der Waals surface area (Å²) in [4.78, 5) is 60.4. The third-order valence-electron chi connectivity index (χ3n) is 7.99. The number of pyridine rings is 1. The molecule has 3 atom stereocenters. The average molecular weight is 591 g/mol. The number of nitrogens with zero attached hydrogens (tertiary/aromatic N) is 3. The van der Waals surface area contributed by atoms with Crippen molar-refractivity contribution in [3.05, 3.63) is 115 Å². The minimum Gasteiger partial charge on any atom is -0.508 e. The molecule has 10 nitrogen and oxygen atoms in total. The Labute approximate surface area is 253 Å². The fourth-order valence-electron chi connectivity index (χ4n) is 5.87. The molecule has 222 valence electrons. The highest BCUT2D eigenvalue weighted by atomic mass is 16.6. The van der Waals surface area contributed by atoms with Gasteiger partial charge in [0.25, 0.3) is 5.91 Å². The van der Waals surface area contributed by atoms with E-state index in [9.17, 15) is 24.3 Å². The van der Waals surface area contributed by atoms with E-state index in [4.69, 9.17) is 4.74 Å². The standard InChI is InChI=1S/C34H30N4O6/c39-25-13-9-22(10-14-25)20-28(36-34(43)44-26-15-11-24(12-16-26)23-6-2-1-3-7-23)33(42)37-19-17-29-31(37)30(40)21-38(29)32(41)27-8-4-5-18-35-27/h1-16,18,28-29,31,39H,17,19-21H2,(H,36,43). The van der Waals surface area contributed by atoms with Gasteiger partial charge in [-0.3, -0.25) is 19.4 Å². The van der Waals surface area contributed by atoms with Crippen molar-refractivity contribution in [3.63, 3.8) is 0 Å². The number of likely N-dealkylation sites (tertiary alicyclic amines) is 2. The van der Waals surface area contributed by atoms with Crippen LogP contribution in [0.2, 0.25) is 0 Å². The zero-order chi connectivity index (χ0) is 30.6. The van der Waals surface area contributed by atoms with Gasteiger partial charge < -0.3 is 25.0 Å². The van der Waals surface area contributed by atoms with Crippen LogP contribution in [0.25, 0.3) is 11.1 Å². The number of phenolic OH excluding ortho intramolecular Hbond substituents is 1. The molecular weight excluding hydrogens is 560 g/mol. The van der Waals surface area contributed by atoms with Crippen molar-refractivity contribution in [2.45, 2.75) is 31.0 Å². The van der Waals surface area contributed by atoms with E-state index in [1.807, 2.05) is 42.5 Å². The number of rotatable bonds is 7. The second-order valence-electron chi connectivity index (χ2n) is 10.8. The third-order valence-corrected chi connectivity index (χ3v) is 7.99. The number of ether oxygens (including phenoxy) is 1. The van der Waals surface area contributed by atoms with Gasteiger partial charge in [0, 0.05) is 19.2 Å². The average Bonchev–Trinajstić information content (AvgIpc) is 3.63. The van der Waals surface area contributed by atoms with Crippen LogP contribution >= 0.6 is 0 Å². The first kappa shape index (κ1) is 28.6. The maximum absolute atomic E-state index is 14.0. The maximum Gasteiger partial charge on any atom is 0.413 e. The summed E-state index contributed by atoms with van der Waals surface area (Å²) in [5.41, 5.74) is 2.90. The van der Waals surface area contributed by atoms with E-state index in [0.29, 0.717) is 17.7 Å². The van der Waals surface area contributed by atoms with E-state index >= 15 is 0 Å². The lowest BCUT2D eigenvalue weighted by atomic mass is 10.0. The molecule has 0 spiro atoms. The molecule has 2 N–H and O–H groups in total. The maximum atomic E-state index is 14.0. The van der Waals surface area contributed by atoms with Crippen molar-refractivity contribution < 1.29 is 29.0 Å². The number of carbonyl (C=O) groups is 4. The molecular formula is C34H30N4O6. The van der Waals surface area contributed by atoms with Crippen molar-refractivity contribution in [3.8, 4) is 22.6 Å². The number of Topliss-reactive ketones (excluding diaryl/α,β-unsaturated/α-hetero) is 1. The van der Waals surface area contributed by atoms with Gasteiger partial charge in [0.15, 0.2) is 5.78 Å². The SMILES string of the molecule is O=C(NC(Cc1ccc(O)cc1)C(=O)N1CCC2C1C(=O)CN2C(=O)c1ccccn1)Oc1ccc(-c2ccccc2)cc1. The van der Waals surface area contributed by atoms with Gasteiger partial charge in [-0.1, -0.05) is 60.7 Å². The number of hydrogen-bond acceptors (Lipinski definition) is 7. The van der Waals surface area contributed by atoms with Crippen molar-refractivity contribution in [1.82, 2.24) is 20.1 Å². The minimum atomic E-state index is -1.07. The van der Waals surface area contributed by atoms with Crippen LogP contribution in [0.15, 0.2) is 103 Å². The van der Waals surface area contributed by atoms with E-state index in [-0.39, 0.29) is 42.6 Å². The lowest BCUT2D eigenvalue weighted by molar-refractivity contribution is -0.138. The Balaban J connectivity index is 1.18. The molecule has 44 heavy (non-hydrogen) atoms. The first-order valence-electron chi connectivity index (χ1n) is 14.3. The molecule has 1 aromatic heterocycles.